The molecule has 0 aliphatic heterocycles. The summed E-state index contributed by atoms with van der Waals surface area (Å²) >= 11 is 0. The molecule has 2 aromatic carbocycles. The minimum absolute atomic E-state index is 0.0812. The zero-order valence-electron chi connectivity index (χ0n) is 15.1. The molecule has 0 atom stereocenters. The second kappa shape index (κ2) is 8.33. The summed E-state index contributed by atoms with van der Waals surface area (Å²) in [6.07, 6.45) is 0. The Labute approximate surface area is 148 Å². The zero-order valence-corrected chi connectivity index (χ0v) is 15.1. The van der Waals surface area contributed by atoms with E-state index in [2.05, 4.69) is 19.2 Å². The van der Waals surface area contributed by atoms with Crippen LogP contribution in [0, 0.1) is 0 Å². The molecular weight excluding hydrogens is 316 g/mol. The quantitative estimate of drug-likeness (QED) is 0.870. The lowest BCUT2D eigenvalue weighted by Crippen LogP contribution is -2.37. The summed E-state index contributed by atoms with van der Waals surface area (Å²) in [6.45, 7) is 5.49. The second-order valence-electron chi connectivity index (χ2n) is 6.07. The molecule has 0 heterocycles. The average molecular weight is 340 g/mol. The number of anilines is 2. The fraction of sp³-hybridized carbons (Fsp3) is 0.300. The SMILES string of the molecule is COc1ccccc1N(CC(=O)Nc1ccccc1C(C)C)C(C)=O. The van der Waals surface area contributed by atoms with E-state index in [0.717, 1.165) is 11.3 Å². The number of amides is 2. The number of methoxy groups -OCH3 is 1. The van der Waals surface area contributed by atoms with Crippen molar-refractivity contribution in [3.8, 4) is 5.75 Å². The maximum Gasteiger partial charge on any atom is 0.244 e. The van der Waals surface area contributed by atoms with Crippen LogP contribution in [0.25, 0.3) is 0 Å². The highest BCUT2D eigenvalue weighted by molar-refractivity contribution is 6.02. The van der Waals surface area contributed by atoms with Crippen LogP contribution in [0.3, 0.4) is 0 Å². The maximum atomic E-state index is 12.5. The summed E-state index contributed by atoms with van der Waals surface area (Å²) in [6, 6.07) is 14.8. The Morgan fingerprint density at radius 2 is 1.72 bits per heavy atom. The van der Waals surface area contributed by atoms with E-state index in [0.29, 0.717) is 11.4 Å². The van der Waals surface area contributed by atoms with Crippen LogP contribution >= 0.6 is 0 Å². The number of para-hydroxylation sites is 3. The van der Waals surface area contributed by atoms with Crippen molar-refractivity contribution in [3.63, 3.8) is 0 Å². The van der Waals surface area contributed by atoms with E-state index in [4.69, 9.17) is 4.74 Å². The summed E-state index contributed by atoms with van der Waals surface area (Å²) in [5.74, 6) is 0.355. The Morgan fingerprint density at radius 1 is 1.08 bits per heavy atom. The number of nitrogens with one attached hydrogen (secondary N) is 1. The van der Waals surface area contributed by atoms with E-state index in [1.54, 1.807) is 18.2 Å². The van der Waals surface area contributed by atoms with Crippen molar-refractivity contribution in [2.24, 2.45) is 0 Å². The van der Waals surface area contributed by atoms with Crippen molar-refractivity contribution in [1.82, 2.24) is 0 Å². The molecule has 0 bridgehead atoms. The number of carbonyl (C=O) groups is 2. The molecule has 0 unspecified atom stereocenters. The third kappa shape index (κ3) is 4.59. The summed E-state index contributed by atoms with van der Waals surface area (Å²) in [4.78, 5) is 26.0. The monoisotopic (exact) mass is 340 g/mol. The predicted molar refractivity (Wildman–Crippen MR) is 100 cm³/mol. The van der Waals surface area contributed by atoms with Gasteiger partial charge in [0.05, 0.1) is 12.8 Å². The molecule has 25 heavy (non-hydrogen) atoms. The maximum absolute atomic E-state index is 12.5. The molecule has 2 aromatic rings. The Hall–Kier alpha value is -2.82. The van der Waals surface area contributed by atoms with Gasteiger partial charge in [-0.3, -0.25) is 14.5 Å². The van der Waals surface area contributed by atoms with Crippen molar-refractivity contribution in [2.45, 2.75) is 26.7 Å². The van der Waals surface area contributed by atoms with Crippen LogP contribution < -0.4 is 15.0 Å². The van der Waals surface area contributed by atoms with Crippen LogP contribution in [-0.4, -0.2) is 25.5 Å². The van der Waals surface area contributed by atoms with E-state index in [1.807, 2.05) is 30.3 Å². The highest BCUT2D eigenvalue weighted by Gasteiger charge is 2.20. The molecule has 0 fully saturated rings. The van der Waals surface area contributed by atoms with Crippen molar-refractivity contribution in [3.05, 3.63) is 54.1 Å². The largest absolute Gasteiger partial charge is 0.495 e. The van der Waals surface area contributed by atoms with Gasteiger partial charge >= 0.3 is 0 Å². The highest BCUT2D eigenvalue weighted by atomic mass is 16.5. The molecule has 0 aromatic heterocycles. The Morgan fingerprint density at radius 3 is 2.36 bits per heavy atom. The van der Waals surface area contributed by atoms with Crippen molar-refractivity contribution in [2.75, 3.05) is 23.9 Å². The summed E-state index contributed by atoms with van der Waals surface area (Å²) < 4.78 is 5.30. The van der Waals surface area contributed by atoms with Gasteiger partial charge in [-0.1, -0.05) is 44.2 Å². The predicted octanol–water partition coefficient (Wildman–Crippen LogP) is 3.81. The van der Waals surface area contributed by atoms with Gasteiger partial charge in [0.2, 0.25) is 11.8 Å². The van der Waals surface area contributed by atoms with E-state index in [9.17, 15) is 9.59 Å². The first-order valence-corrected chi connectivity index (χ1v) is 8.24. The minimum atomic E-state index is -0.255. The van der Waals surface area contributed by atoms with Crippen LogP contribution in [0.2, 0.25) is 0 Å². The van der Waals surface area contributed by atoms with Crippen LogP contribution in [-0.2, 0) is 9.59 Å². The first-order chi connectivity index (χ1) is 11.9. The first-order valence-electron chi connectivity index (χ1n) is 8.24. The number of ether oxygens (including phenoxy) is 1. The number of hydrogen-bond donors (Lipinski definition) is 1. The van der Waals surface area contributed by atoms with Crippen molar-refractivity contribution >= 4 is 23.2 Å². The summed E-state index contributed by atoms with van der Waals surface area (Å²) in [7, 11) is 1.54. The zero-order chi connectivity index (χ0) is 18.4. The van der Waals surface area contributed by atoms with E-state index < -0.39 is 0 Å². The second-order valence-corrected chi connectivity index (χ2v) is 6.07. The lowest BCUT2D eigenvalue weighted by molar-refractivity contribution is -0.120. The highest BCUT2D eigenvalue weighted by Crippen LogP contribution is 2.28. The molecule has 2 rings (SSSR count). The lowest BCUT2D eigenvalue weighted by Gasteiger charge is -2.23. The molecule has 5 heteroatoms. The first kappa shape index (κ1) is 18.5. The smallest absolute Gasteiger partial charge is 0.244 e. The van der Waals surface area contributed by atoms with Gasteiger partial charge in [-0.25, -0.2) is 0 Å². The standard InChI is InChI=1S/C20H24N2O3/c1-14(2)16-9-5-6-10-17(16)21-20(24)13-22(15(3)23)18-11-7-8-12-19(18)25-4/h5-12,14H,13H2,1-4H3,(H,21,24). The fourth-order valence-corrected chi connectivity index (χ4v) is 2.67. The van der Waals surface area contributed by atoms with Gasteiger partial charge in [0, 0.05) is 12.6 Å². The molecule has 0 spiro atoms. The molecular formula is C20H24N2O3. The van der Waals surface area contributed by atoms with Crippen LogP contribution in [0.15, 0.2) is 48.5 Å². The molecule has 0 radical (unpaired) electrons. The topological polar surface area (TPSA) is 58.6 Å². The Balaban J connectivity index is 2.21. The van der Waals surface area contributed by atoms with Crippen LogP contribution in [0.1, 0.15) is 32.3 Å². The van der Waals surface area contributed by atoms with Gasteiger partial charge in [-0.05, 0) is 29.7 Å². The van der Waals surface area contributed by atoms with Crippen molar-refractivity contribution < 1.29 is 14.3 Å². The van der Waals surface area contributed by atoms with Gasteiger partial charge < -0.3 is 10.1 Å². The third-order valence-corrected chi connectivity index (χ3v) is 3.91. The van der Waals surface area contributed by atoms with Crippen LogP contribution in [0.4, 0.5) is 11.4 Å². The number of rotatable bonds is 6. The van der Waals surface area contributed by atoms with Gasteiger partial charge in [-0.15, -0.1) is 0 Å². The number of nitrogens with zero attached hydrogens (tertiary/aromatic N) is 1. The fourth-order valence-electron chi connectivity index (χ4n) is 2.67. The molecule has 0 saturated carbocycles. The van der Waals surface area contributed by atoms with E-state index in [-0.39, 0.29) is 24.3 Å². The molecule has 132 valence electrons. The number of benzene rings is 2. The Kier molecular flexibility index (Phi) is 6.17. The number of hydrogen-bond acceptors (Lipinski definition) is 3. The van der Waals surface area contributed by atoms with Gasteiger partial charge in [0.15, 0.2) is 0 Å². The normalized spacial score (nSPS) is 10.4. The average Bonchev–Trinajstić information content (AvgIpc) is 2.59. The molecule has 2 amide bonds. The Bertz CT molecular complexity index is 756. The molecule has 5 nitrogen and oxygen atoms in total. The van der Waals surface area contributed by atoms with Gasteiger partial charge in [-0.2, -0.15) is 0 Å². The van der Waals surface area contributed by atoms with E-state index >= 15 is 0 Å². The molecule has 0 aliphatic carbocycles. The lowest BCUT2D eigenvalue weighted by atomic mass is 10.0. The third-order valence-electron chi connectivity index (χ3n) is 3.91. The summed E-state index contributed by atoms with van der Waals surface area (Å²) in [5.41, 5.74) is 2.40. The van der Waals surface area contributed by atoms with Crippen LogP contribution in [0.5, 0.6) is 5.75 Å². The van der Waals surface area contributed by atoms with E-state index in [1.165, 1.54) is 18.9 Å². The summed E-state index contributed by atoms with van der Waals surface area (Å²) in [5, 5.41) is 2.91. The molecule has 0 saturated heterocycles. The van der Waals surface area contributed by atoms with Gasteiger partial charge in [0.25, 0.3) is 0 Å². The van der Waals surface area contributed by atoms with Gasteiger partial charge in [0.1, 0.15) is 12.3 Å². The number of carbonyl (C=O) groups excluding carboxylic acids is 2. The minimum Gasteiger partial charge on any atom is -0.495 e. The molecule has 0 aliphatic rings. The van der Waals surface area contributed by atoms with Crippen molar-refractivity contribution in [1.29, 1.82) is 0 Å². The molecule has 1 N–H and O–H groups in total.